The van der Waals surface area contributed by atoms with Crippen molar-refractivity contribution >= 4 is 34.0 Å². The quantitative estimate of drug-likeness (QED) is 0.428. The van der Waals surface area contributed by atoms with Gasteiger partial charge in [-0.3, -0.25) is 4.79 Å². The fraction of sp³-hybridized carbons (Fsp3) is 0.462. The van der Waals surface area contributed by atoms with Crippen LogP contribution >= 0.6 is 11.3 Å². The maximum atomic E-state index is 13.3. The van der Waals surface area contributed by atoms with Crippen molar-refractivity contribution < 1.29 is 0 Å². The SMILES string of the molecule is CC(C)(C)c1csc(-n2c3nc(Nc4ccc5c(c4)CNCC5(C)C)ncc3c(=O)n2C2CC2)n1. The van der Waals surface area contributed by atoms with Crippen molar-refractivity contribution in [2.75, 3.05) is 11.9 Å². The Morgan fingerprint density at radius 1 is 1.20 bits per heavy atom. The lowest BCUT2D eigenvalue weighted by Gasteiger charge is -2.33. The van der Waals surface area contributed by atoms with Crippen LogP contribution in [0.15, 0.2) is 34.6 Å². The van der Waals surface area contributed by atoms with E-state index in [1.807, 2.05) is 9.36 Å². The van der Waals surface area contributed by atoms with Gasteiger partial charge in [-0.25, -0.2) is 19.3 Å². The van der Waals surface area contributed by atoms with Gasteiger partial charge in [0.2, 0.25) is 11.1 Å². The highest BCUT2D eigenvalue weighted by Gasteiger charge is 2.32. The van der Waals surface area contributed by atoms with Gasteiger partial charge in [-0.15, -0.1) is 11.3 Å². The summed E-state index contributed by atoms with van der Waals surface area (Å²) in [6.45, 7) is 12.8. The minimum atomic E-state index is -0.0695. The van der Waals surface area contributed by atoms with E-state index >= 15 is 0 Å². The number of hydrogen-bond acceptors (Lipinski definition) is 7. The van der Waals surface area contributed by atoms with E-state index in [2.05, 4.69) is 73.8 Å². The molecular formula is C26H31N7OS. The fourth-order valence-electron chi connectivity index (χ4n) is 4.81. The molecule has 1 aromatic carbocycles. The van der Waals surface area contributed by atoms with Gasteiger partial charge < -0.3 is 10.6 Å². The molecular weight excluding hydrogens is 458 g/mol. The second-order valence-corrected chi connectivity index (χ2v) is 12.2. The molecule has 4 aromatic rings. The molecule has 0 spiro atoms. The van der Waals surface area contributed by atoms with E-state index in [-0.39, 0.29) is 22.4 Å². The van der Waals surface area contributed by atoms with Crippen molar-refractivity contribution in [2.24, 2.45) is 0 Å². The monoisotopic (exact) mass is 489 g/mol. The van der Waals surface area contributed by atoms with Crippen LogP contribution in [-0.4, -0.2) is 30.9 Å². The molecule has 182 valence electrons. The molecule has 0 unspecified atom stereocenters. The number of rotatable bonds is 4. The largest absolute Gasteiger partial charge is 0.324 e. The molecule has 35 heavy (non-hydrogen) atoms. The molecule has 8 nitrogen and oxygen atoms in total. The smallest absolute Gasteiger partial charge is 0.278 e. The predicted octanol–water partition coefficient (Wildman–Crippen LogP) is 4.80. The molecule has 1 aliphatic heterocycles. The van der Waals surface area contributed by atoms with Crippen LogP contribution in [0.25, 0.3) is 16.2 Å². The van der Waals surface area contributed by atoms with Crippen LogP contribution in [0.1, 0.15) is 70.3 Å². The van der Waals surface area contributed by atoms with E-state index in [4.69, 9.17) is 9.97 Å². The lowest BCUT2D eigenvalue weighted by atomic mass is 9.79. The summed E-state index contributed by atoms with van der Waals surface area (Å²) in [5.74, 6) is 0.467. The first-order chi connectivity index (χ1) is 16.6. The van der Waals surface area contributed by atoms with Crippen molar-refractivity contribution in [1.29, 1.82) is 0 Å². The Morgan fingerprint density at radius 3 is 2.71 bits per heavy atom. The van der Waals surface area contributed by atoms with Crippen molar-refractivity contribution in [1.82, 2.24) is 29.6 Å². The number of nitrogens with zero attached hydrogens (tertiary/aromatic N) is 5. The number of fused-ring (bicyclic) bond motifs is 2. The molecule has 3 aromatic heterocycles. The van der Waals surface area contributed by atoms with Crippen LogP contribution in [0, 0.1) is 0 Å². The van der Waals surface area contributed by atoms with Gasteiger partial charge in [0.15, 0.2) is 5.65 Å². The molecule has 0 saturated heterocycles. The molecule has 1 fully saturated rings. The second kappa shape index (κ2) is 7.73. The number of hydrogen-bond donors (Lipinski definition) is 2. The lowest BCUT2D eigenvalue weighted by molar-refractivity contribution is 0.435. The van der Waals surface area contributed by atoms with Crippen molar-refractivity contribution in [3.8, 4) is 5.13 Å². The first-order valence-corrected chi connectivity index (χ1v) is 13.1. The Balaban J connectivity index is 1.43. The maximum absolute atomic E-state index is 13.3. The molecule has 6 rings (SSSR count). The predicted molar refractivity (Wildman–Crippen MR) is 140 cm³/mol. The number of aromatic nitrogens is 5. The van der Waals surface area contributed by atoms with E-state index in [0.29, 0.717) is 17.0 Å². The summed E-state index contributed by atoms with van der Waals surface area (Å²) >= 11 is 1.55. The minimum absolute atomic E-state index is 0.0522. The Labute approximate surface area is 208 Å². The molecule has 9 heteroatoms. The van der Waals surface area contributed by atoms with Crippen molar-refractivity contribution in [2.45, 2.75) is 70.9 Å². The summed E-state index contributed by atoms with van der Waals surface area (Å²) < 4.78 is 3.72. The molecule has 1 saturated carbocycles. The minimum Gasteiger partial charge on any atom is -0.324 e. The van der Waals surface area contributed by atoms with Gasteiger partial charge in [0.1, 0.15) is 5.39 Å². The normalized spacial score (nSPS) is 17.5. The van der Waals surface area contributed by atoms with E-state index in [1.54, 1.807) is 17.5 Å². The molecule has 0 amide bonds. The van der Waals surface area contributed by atoms with Crippen LogP contribution < -0.4 is 16.2 Å². The topological polar surface area (TPSA) is 89.7 Å². The first-order valence-electron chi connectivity index (χ1n) is 12.2. The van der Waals surface area contributed by atoms with Gasteiger partial charge in [-0.2, -0.15) is 4.98 Å². The Hall–Kier alpha value is -3.04. The average molecular weight is 490 g/mol. The third-order valence-electron chi connectivity index (χ3n) is 6.93. The van der Waals surface area contributed by atoms with Crippen LogP contribution in [0.4, 0.5) is 11.6 Å². The van der Waals surface area contributed by atoms with Gasteiger partial charge in [-0.1, -0.05) is 40.7 Å². The summed E-state index contributed by atoms with van der Waals surface area (Å²) in [6.07, 6.45) is 3.63. The van der Waals surface area contributed by atoms with E-state index in [0.717, 1.165) is 42.4 Å². The molecule has 4 heterocycles. The van der Waals surface area contributed by atoms with E-state index in [9.17, 15) is 4.79 Å². The molecule has 0 bridgehead atoms. The van der Waals surface area contributed by atoms with Gasteiger partial charge in [-0.05, 0) is 36.1 Å². The van der Waals surface area contributed by atoms with E-state index in [1.165, 1.54) is 11.1 Å². The fourth-order valence-corrected chi connectivity index (χ4v) is 5.86. The highest BCUT2D eigenvalue weighted by Crippen LogP contribution is 2.37. The average Bonchev–Trinajstić information content (AvgIpc) is 3.42. The van der Waals surface area contributed by atoms with Gasteiger partial charge >= 0.3 is 0 Å². The summed E-state index contributed by atoms with van der Waals surface area (Å²) in [5, 5.41) is 10.2. The highest BCUT2D eigenvalue weighted by atomic mass is 32.1. The number of nitrogens with one attached hydrogen (secondary N) is 2. The number of thiazole rings is 1. The summed E-state index contributed by atoms with van der Waals surface area (Å²) in [4.78, 5) is 27.5. The number of benzene rings is 1. The summed E-state index contributed by atoms with van der Waals surface area (Å²) in [5.41, 5.74) is 5.16. The molecule has 0 atom stereocenters. The van der Waals surface area contributed by atoms with Gasteiger partial charge in [0.05, 0.1) is 11.7 Å². The van der Waals surface area contributed by atoms with Crippen LogP contribution in [0.2, 0.25) is 0 Å². The third-order valence-corrected chi connectivity index (χ3v) is 7.75. The van der Waals surface area contributed by atoms with Crippen LogP contribution in [0.5, 0.6) is 0 Å². The lowest BCUT2D eigenvalue weighted by Crippen LogP contribution is -2.38. The van der Waals surface area contributed by atoms with Crippen molar-refractivity contribution in [3.05, 3.63) is 57.0 Å². The van der Waals surface area contributed by atoms with E-state index < -0.39 is 0 Å². The van der Waals surface area contributed by atoms with Crippen LogP contribution in [0.3, 0.4) is 0 Å². The zero-order valence-corrected chi connectivity index (χ0v) is 21.7. The summed E-state index contributed by atoms with van der Waals surface area (Å²) in [6, 6.07) is 6.63. The molecule has 2 N–H and O–H groups in total. The Bertz CT molecular complexity index is 1500. The van der Waals surface area contributed by atoms with Crippen molar-refractivity contribution in [3.63, 3.8) is 0 Å². The standard InChI is InChI=1S/C26H31N7OS/c1-25(2,3)20-13-35-24(30-20)33-21-18(22(34)32(33)17-7-8-17)12-28-23(31-21)29-16-6-9-19-15(10-16)11-27-14-26(19,4)5/h6,9-10,12-13,17,27H,7-8,11,14H2,1-5H3,(H,28,29,31). The molecule has 0 radical (unpaired) electrons. The number of anilines is 2. The molecule has 1 aliphatic carbocycles. The maximum Gasteiger partial charge on any atom is 0.278 e. The van der Waals surface area contributed by atoms with Crippen LogP contribution in [-0.2, 0) is 17.4 Å². The second-order valence-electron chi connectivity index (χ2n) is 11.4. The zero-order valence-electron chi connectivity index (χ0n) is 20.8. The first kappa shape index (κ1) is 22.4. The third kappa shape index (κ3) is 3.87. The Kier molecular flexibility index (Phi) is 4.95. The molecule has 2 aliphatic rings. The Morgan fingerprint density at radius 2 is 2.00 bits per heavy atom. The van der Waals surface area contributed by atoms with Gasteiger partial charge in [0.25, 0.3) is 5.56 Å². The highest BCUT2D eigenvalue weighted by molar-refractivity contribution is 7.12. The zero-order chi connectivity index (χ0) is 24.5. The van der Waals surface area contributed by atoms with Gasteiger partial charge in [0, 0.05) is 41.2 Å². The summed E-state index contributed by atoms with van der Waals surface area (Å²) in [7, 11) is 0.